The van der Waals surface area contributed by atoms with Gasteiger partial charge in [-0.3, -0.25) is 4.79 Å². The maximum Gasteiger partial charge on any atom is 0.339 e. The Morgan fingerprint density at radius 2 is 2.25 bits per heavy atom. The number of carbonyl (C=O) groups is 2. The number of ketones is 1. The molecule has 0 N–H and O–H groups in total. The van der Waals surface area contributed by atoms with Crippen molar-refractivity contribution in [2.45, 2.75) is 19.4 Å². The number of hydrogen-bond donors (Lipinski definition) is 0. The molecular weight excluding hydrogens is 235 g/mol. The van der Waals surface area contributed by atoms with Crippen LogP contribution in [0.25, 0.3) is 0 Å². The molecule has 0 saturated carbocycles. The average molecular weight is 243 g/mol. The third-order valence-corrected chi connectivity index (χ3v) is 2.69. The summed E-state index contributed by atoms with van der Waals surface area (Å²) in [5, 5.41) is 0.134. The van der Waals surface area contributed by atoms with E-state index in [0.717, 1.165) is 6.07 Å². The molecule has 0 aliphatic carbocycles. The first-order valence-corrected chi connectivity index (χ1v) is 5.06. The zero-order valence-electron chi connectivity index (χ0n) is 8.42. The molecule has 1 aromatic carbocycles. The fourth-order valence-corrected chi connectivity index (χ4v) is 1.84. The minimum atomic E-state index is -0.893. The van der Waals surface area contributed by atoms with Crippen molar-refractivity contribution in [2.75, 3.05) is 0 Å². The molecule has 1 unspecified atom stereocenters. The minimum Gasteiger partial charge on any atom is -0.450 e. The molecule has 1 aromatic rings. The van der Waals surface area contributed by atoms with Crippen LogP contribution in [-0.4, -0.2) is 17.9 Å². The normalized spacial score (nSPS) is 18.9. The van der Waals surface area contributed by atoms with Gasteiger partial charge in [0.15, 0.2) is 11.9 Å². The molecule has 1 atom stereocenters. The van der Waals surface area contributed by atoms with Crippen molar-refractivity contribution >= 4 is 23.4 Å². The lowest BCUT2D eigenvalue weighted by Crippen LogP contribution is -2.33. The molecule has 5 heteroatoms. The van der Waals surface area contributed by atoms with Crippen molar-refractivity contribution in [3.8, 4) is 0 Å². The maximum atomic E-state index is 13.5. The molecule has 0 fully saturated rings. The number of halogens is 2. The molecule has 1 heterocycles. The molecule has 0 amide bonds. The smallest absolute Gasteiger partial charge is 0.339 e. The van der Waals surface area contributed by atoms with Crippen LogP contribution in [0.2, 0.25) is 5.02 Å². The van der Waals surface area contributed by atoms with Crippen LogP contribution in [0.3, 0.4) is 0 Å². The fourth-order valence-electron chi connectivity index (χ4n) is 1.64. The molecule has 84 valence electrons. The van der Waals surface area contributed by atoms with Crippen LogP contribution in [0.5, 0.6) is 0 Å². The highest BCUT2D eigenvalue weighted by Crippen LogP contribution is 2.27. The topological polar surface area (TPSA) is 43.4 Å². The third kappa shape index (κ3) is 1.80. The molecule has 16 heavy (non-hydrogen) atoms. The fraction of sp³-hybridized carbons (Fsp3) is 0.273. The van der Waals surface area contributed by atoms with Gasteiger partial charge in [0.1, 0.15) is 5.82 Å². The standard InChI is InChI=1S/C11H8ClFO3/c1-5(14)10-4-7-8(11(15)16-10)2-6(12)3-9(7)13/h2-3,10H,4H2,1H3. The van der Waals surface area contributed by atoms with Gasteiger partial charge in [0, 0.05) is 17.0 Å². The van der Waals surface area contributed by atoms with Crippen molar-refractivity contribution in [1.82, 2.24) is 0 Å². The second-order valence-corrected chi connectivity index (χ2v) is 4.06. The van der Waals surface area contributed by atoms with Crippen molar-refractivity contribution < 1.29 is 18.7 Å². The first-order chi connectivity index (χ1) is 7.49. The van der Waals surface area contributed by atoms with E-state index in [1.807, 2.05) is 0 Å². The number of ether oxygens (including phenoxy) is 1. The summed E-state index contributed by atoms with van der Waals surface area (Å²) < 4.78 is 18.4. The molecule has 2 rings (SSSR count). The monoisotopic (exact) mass is 242 g/mol. The van der Waals surface area contributed by atoms with Crippen LogP contribution in [0, 0.1) is 5.82 Å². The molecule has 0 aromatic heterocycles. The zero-order valence-corrected chi connectivity index (χ0v) is 9.18. The van der Waals surface area contributed by atoms with Gasteiger partial charge in [0.05, 0.1) is 5.56 Å². The number of benzene rings is 1. The Kier molecular flexibility index (Phi) is 2.68. The number of fused-ring (bicyclic) bond motifs is 1. The van der Waals surface area contributed by atoms with E-state index in [4.69, 9.17) is 16.3 Å². The lowest BCUT2D eigenvalue weighted by Gasteiger charge is -2.23. The summed E-state index contributed by atoms with van der Waals surface area (Å²) in [6.45, 7) is 1.30. The van der Waals surface area contributed by atoms with Gasteiger partial charge < -0.3 is 4.74 Å². The summed E-state index contributed by atoms with van der Waals surface area (Å²) in [5.74, 6) is -1.58. The maximum absolute atomic E-state index is 13.5. The van der Waals surface area contributed by atoms with Gasteiger partial charge in [0.25, 0.3) is 0 Å². The largest absolute Gasteiger partial charge is 0.450 e. The van der Waals surface area contributed by atoms with Crippen LogP contribution in [-0.2, 0) is 16.0 Å². The van der Waals surface area contributed by atoms with E-state index in [1.54, 1.807) is 0 Å². The highest BCUT2D eigenvalue weighted by atomic mass is 35.5. The van der Waals surface area contributed by atoms with E-state index >= 15 is 0 Å². The van der Waals surface area contributed by atoms with Crippen molar-refractivity contribution in [2.24, 2.45) is 0 Å². The van der Waals surface area contributed by atoms with Crippen molar-refractivity contribution in [3.05, 3.63) is 34.1 Å². The van der Waals surface area contributed by atoms with Crippen LogP contribution in [0.4, 0.5) is 4.39 Å². The minimum absolute atomic E-state index is 0.0689. The lowest BCUT2D eigenvalue weighted by atomic mass is 9.96. The molecule has 0 bridgehead atoms. The average Bonchev–Trinajstić information content (AvgIpc) is 2.19. The first kappa shape index (κ1) is 11.1. The highest BCUT2D eigenvalue weighted by molar-refractivity contribution is 6.31. The third-order valence-electron chi connectivity index (χ3n) is 2.47. The number of rotatable bonds is 1. The number of hydrogen-bond acceptors (Lipinski definition) is 3. The summed E-state index contributed by atoms with van der Waals surface area (Å²) in [6, 6.07) is 2.47. The Labute approximate surface area is 96.2 Å². The predicted octanol–water partition coefficient (Wildman–Crippen LogP) is 2.15. The van der Waals surface area contributed by atoms with Gasteiger partial charge in [-0.15, -0.1) is 0 Å². The quantitative estimate of drug-likeness (QED) is 0.709. The van der Waals surface area contributed by atoms with Gasteiger partial charge in [0.2, 0.25) is 0 Å². The number of carbonyl (C=O) groups excluding carboxylic acids is 2. The van der Waals surface area contributed by atoms with Gasteiger partial charge >= 0.3 is 5.97 Å². The second-order valence-electron chi connectivity index (χ2n) is 3.62. The Hall–Kier alpha value is -1.42. The second kappa shape index (κ2) is 3.87. The van der Waals surface area contributed by atoms with Crippen molar-refractivity contribution in [1.29, 1.82) is 0 Å². The number of esters is 1. The summed E-state index contributed by atoms with van der Waals surface area (Å²) in [6.07, 6.45) is -0.824. The summed E-state index contributed by atoms with van der Waals surface area (Å²) in [7, 11) is 0. The SMILES string of the molecule is CC(=O)C1Cc2c(F)cc(Cl)cc2C(=O)O1. The van der Waals surface area contributed by atoms with E-state index in [9.17, 15) is 14.0 Å². The van der Waals surface area contributed by atoms with E-state index in [1.165, 1.54) is 13.0 Å². The van der Waals surface area contributed by atoms with Gasteiger partial charge in [-0.25, -0.2) is 9.18 Å². The van der Waals surface area contributed by atoms with Crippen LogP contribution >= 0.6 is 11.6 Å². The van der Waals surface area contributed by atoms with E-state index in [2.05, 4.69) is 0 Å². The summed E-state index contributed by atoms with van der Waals surface area (Å²) in [4.78, 5) is 22.6. The Balaban J connectivity index is 2.50. The molecular formula is C11H8ClFO3. The Morgan fingerprint density at radius 3 is 2.88 bits per heavy atom. The van der Waals surface area contributed by atoms with Crippen LogP contribution < -0.4 is 0 Å². The summed E-state index contributed by atoms with van der Waals surface area (Å²) >= 11 is 5.63. The number of cyclic esters (lactones) is 1. The van der Waals surface area contributed by atoms with E-state index in [-0.39, 0.29) is 28.4 Å². The Bertz CT molecular complexity index is 484. The van der Waals surface area contributed by atoms with Crippen LogP contribution in [0.1, 0.15) is 22.8 Å². The van der Waals surface area contributed by atoms with Gasteiger partial charge in [-0.1, -0.05) is 11.6 Å². The van der Waals surface area contributed by atoms with Crippen molar-refractivity contribution in [3.63, 3.8) is 0 Å². The van der Waals surface area contributed by atoms with Gasteiger partial charge in [-0.05, 0) is 19.1 Å². The van der Waals surface area contributed by atoms with Gasteiger partial charge in [-0.2, -0.15) is 0 Å². The molecule has 0 saturated heterocycles. The molecule has 0 radical (unpaired) electrons. The zero-order chi connectivity index (χ0) is 11.9. The first-order valence-electron chi connectivity index (χ1n) is 4.68. The highest BCUT2D eigenvalue weighted by Gasteiger charge is 2.31. The number of Topliss-reactive ketones (excluding diaryl/α,β-unsaturated/α-hetero) is 1. The predicted molar refractivity (Wildman–Crippen MR) is 55.0 cm³/mol. The molecule has 3 nitrogen and oxygen atoms in total. The molecule has 0 spiro atoms. The molecule has 1 aliphatic heterocycles. The lowest BCUT2D eigenvalue weighted by molar-refractivity contribution is -0.125. The molecule has 1 aliphatic rings. The van der Waals surface area contributed by atoms with Crippen LogP contribution in [0.15, 0.2) is 12.1 Å². The van der Waals surface area contributed by atoms with E-state index < -0.39 is 17.9 Å². The van der Waals surface area contributed by atoms with E-state index in [0.29, 0.717) is 0 Å². The summed E-state index contributed by atoms with van der Waals surface area (Å²) in [5.41, 5.74) is 0.295. The Morgan fingerprint density at radius 1 is 1.56 bits per heavy atom.